The lowest BCUT2D eigenvalue weighted by molar-refractivity contribution is 0.727. The quantitative estimate of drug-likeness (QED) is 0.521. The first-order chi connectivity index (χ1) is 9.54. The van der Waals surface area contributed by atoms with E-state index in [0.29, 0.717) is 25.7 Å². The fourth-order valence-electron chi connectivity index (χ4n) is 1.94. The van der Waals surface area contributed by atoms with Crippen LogP contribution < -0.4 is 5.32 Å². The van der Waals surface area contributed by atoms with Crippen molar-refractivity contribution in [1.29, 1.82) is 0 Å². The van der Waals surface area contributed by atoms with Crippen molar-refractivity contribution < 1.29 is 0 Å². The maximum atomic E-state index is 6.28. The molecule has 20 heavy (non-hydrogen) atoms. The van der Waals surface area contributed by atoms with Gasteiger partial charge in [0.1, 0.15) is 0 Å². The van der Waals surface area contributed by atoms with Crippen LogP contribution in [0.2, 0.25) is 20.1 Å². The Morgan fingerprint density at radius 1 is 0.950 bits per heavy atom. The summed E-state index contributed by atoms with van der Waals surface area (Å²) < 4.78 is 0. The molecule has 0 radical (unpaired) electrons. The topological polar surface area (TPSA) is 12.0 Å². The summed E-state index contributed by atoms with van der Waals surface area (Å²) in [5.74, 6) is 0. The third-order valence-corrected chi connectivity index (χ3v) is 4.47. The minimum atomic E-state index is 0.324. The van der Waals surface area contributed by atoms with E-state index in [1.165, 1.54) is 0 Å². The maximum Gasteiger partial charge on any atom is 0.0785 e. The SMILES string of the molecule is CCNCc1cccc(-c2c(Cl)cc(Cl)c(Cl)c2Cl)c1. The molecule has 1 nitrogen and oxygen atoms in total. The number of hydrogen-bond donors (Lipinski definition) is 1. The second-order valence-electron chi connectivity index (χ2n) is 4.32. The fourth-order valence-corrected chi connectivity index (χ4v) is 3.07. The first-order valence-corrected chi connectivity index (χ1v) is 7.68. The molecule has 0 bridgehead atoms. The van der Waals surface area contributed by atoms with E-state index >= 15 is 0 Å². The highest BCUT2D eigenvalue weighted by molar-refractivity contribution is 6.51. The predicted octanol–water partition coefficient (Wildman–Crippen LogP) is 6.08. The zero-order valence-electron chi connectivity index (χ0n) is 10.8. The van der Waals surface area contributed by atoms with Crippen LogP contribution in [0.3, 0.4) is 0 Å². The molecule has 0 saturated heterocycles. The molecule has 0 amide bonds. The molecule has 2 aromatic carbocycles. The van der Waals surface area contributed by atoms with Gasteiger partial charge in [-0.2, -0.15) is 0 Å². The van der Waals surface area contributed by atoms with Crippen molar-refractivity contribution in [2.75, 3.05) is 6.54 Å². The second-order valence-corrected chi connectivity index (χ2v) is 5.89. The Labute approximate surface area is 138 Å². The minimum absolute atomic E-state index is 0.324. The van der Waals surface area contributed by atoms with E-state index in [2.05, 4.69) is 12.2 Å². The van der Waals surface area contributed by atoms with E-state index in [-0.39, 0.29) is 0 Å². The van der Waals surface area contributed by atoms with Crippen molar-refractivity contribution in [3.05, 3.63) is 56.0 Å². The molecule has 5 heteroatoms. The number of nitrogens with one attached hydrogen (secondary N) is 1. The zero-order chi connectivity index (χ0) is 14.7. The molecule has 0 spiro atoms. The molecule has 0 fully saturated rings. The summed E-state index contributed by atoms with van der Waals surface area (Å²) in [6.07, 6.45) is 0. The Balaban J connectivity index is 2.49. The van der Waals surface area contributed by atoms with Gasteiger partial charge in [-0.15, -0.1) is 0 Å². The number of benzene rings is 2. The van der Waals surface area contributed by atoms with Gasteiger partial charge in [-0.3, -0.25) is 0 Å². The van der Waals surface area contributed by atoms with Crippen LogP contribution in [0.4, 0.5) is 0 Å². The standard InChI is InChI=1S/C15H13Cl4N/c1-2-20-8-9-4-3-5-10(6-9)13-11(16)7-12(17)14(18)15(13)19/h3-7,20H,2,8H2,1H3. The first kappa shape index (κ1) is 15.9. The van der Waals surface area contributed by atoms with Crippen LogP contribution in [-0.4, -0.2) is 6.54 Å². The molecule has 0 unspecified atom stereocenters. The molecule has 2 rings (SSSR count). The third-order valence-electron chi connectivity index (χ3n) is 2.91. The molecule has 2 aromatic rings. The Kier molecular flexibility index (Phi) is 5.59. The zero-order valence-corrected chi connectivity index (χ0v) is 13.8. The molecule has 106 valence electrons. The molecule has 0 aliphatic rings. The van der Waals surface area contributed by atoms with E-state index in [1.807, 2.05) is 24.3 Å². The van der Waals surface area contributed by atoms with Crippen molar-refractivity contribution in [1.82, 2.24) is 5.32 Å². The minimum Gasteiger partial charge on any atom is -0.313 e. The first-order valence-electron chi connectivity index (χ1n) is 6.17. The van der Waals surface area contributed by atoms with Crippen molar-refractivity contribution >= 4 is 46.4 Å². The van der Waals surface area contributed by atoms with Gasteiger partial charge in [0.2, 0.25) is 0 Å². The predicted molar refractivity (Wildman–Crippen MR) is 89.3 cm³/mol. The second kappa shape index (κ2) is 7.02. The fraction of sp³-hybridized carbons (Fsp3) is 0.200. The van der Waals surface area contributed by atoms with E-state index in [4.69, 9.17) is 46.4 Å². The Morgan fingerprint density at radius 3 is 2.40 bits per heavy atom. The summed E-state index contributed by atoms with van der Waals surface area (Å²) in [5.41, 5.74) is 2.79. The summed E-state index contributed by atoms with van der Waals surface area (Å²) in [6, 6.07) is 9.62. The molecule has 0 aromatic heterocycles. The van der Waals surface area contributed by atoms with Crippen LogP contribution in [-0.2, 0) is 6.54 Å². The van der Waals surface area contributed by atoms with E-state index < -0.39 is 0 Å². The van der Waals surface area contributed by atoms with Gasteiger partial charge < -0.3 is 5.32 Å². The average molecular weight is 349 g/mol. The van der Waals surface area contributed by atoms with Crippen LogP contribution in [0.1, 0.15) is 12.5 Å². The van der Waals surface area contributed by atoms with Crippen molar-refractivity contribution in [3.8, 4) is 11.1 Å². The maximum absolute atomic E-state index is 6.28. The highest BCUT2D eigenvalue weighted by Gasteiger charge is 2.15. The highest BCUT2D eigenvalue weighted by atomic mass is 35.5. The Morgan fingerprint density at radius 2 is 1.70 bits per heavy atom. The van der Waals surface area contributed by atoms with Gasteiger partial charge in [0.05, 0.1) is 20.1 Å². The lowest BCUT2D eigenvalue weighted by atomic mass is 10.0. The van der Waals surface area contributed by atoms with Crippen LogP contribution in [0.15, 0.2) is 30.3 Å². The molecule has 0 atom stereocenters. The van der Waals surface area contributed by atoms with Gasteiger partial charge in [0.15, 0.2) is 0 Å². The third kappa shape index (κ3) is 3.41. The van der Waals surface area contributed by atoms with Gasteiger partial charge in [-0.1, -0.05) is 71.5 Å². The summed E-state index contributed by atoms with van der Waals surface area (Å²) in [7, 11) is 0. The molecular formula is C15H13Cl4N. The van der Waals surface area contributed by atoms with Crippen LogP contribution >= 0.6 is 46.4 Å². The monoisotopic (exact) mass is 347 g/mol. The van der Waals surface area contributed by atoms with Gasteiger partial charge in [0, 0.05) is 12.1 Å². The normalized spacial score (nSPS) is 10.8. The van der Waals surface area contributed by atoms with Gasteiger partial charge in [-0.25, -0.2) is 0 Å². The van der Waals surface area contributed by atoms with Crippen molar-refractivity contribution in [2.45, 2.75) is 13.5 Å². The van der Waals surface area contributed by atoms with Gasteiger partial charge >= 0.3 is 0 Å². The molecule has 0 saturated carbocycles. The summed E-state index contributed by atoms with van der Waals surface area (Å²) in [4.78, 5) is 0. The number of hydrogen-bond acceptors (Lipinski definition) is 1. The van der Waals surface area contributed by atoms with Crippen LogP contribution in [0, 0.1) is 0 Å². The lowest BCUT2D eigenvalue weighted by Gasteiger charge is -2.12. The van der Waals surface area contributed by atoms with E-state index in [9.17, 15) is 0 Å². The molecule has 0 aliphatic heterocycles. The number of halogens is 4. The largest absolute Gasteiger partial charge is 0.313 e. The molecule has 0 aliphatic carbocycles. The van der Waals surface area contributed by atoms with E-state index in [0.717, 1.165) is 24.2 Å². The smallest absolute Gasteiger partial charge is 0.0785 e. The summed E-state index contributed by atoms with van der Waals surface area (Å²) in [6.45, 7) is 3.77. The Bertz CT molecular complexity index is 626. The van der Waals surface area contributed by atoms with Gasteiger partial charge in [-0.05, 0) is 29.8 Å². The molecule has 0 heterocycles. The van der Waals surface area contributed by atoms with Crippen molar-refractivity contribution in [3.63, 3.8) is 0 Å². The van der Waals surface area contributed by atoms with Gasteiger partial charge in [0.25, 0.3) is 0 Å². The lowest BCUT2D eigenvalue weighted by Crippen LogP contribution is -2.11. The van der Waals surface area contributed by atoms with Crippen molar-refractivity contribution in [2.24, 2.45) is 0 Å². The van der Waals surface area contributed by atoms with Crippen LogP contribution in [0.25, 0.3) is 11.1 Å². The highest BCUT2D eigenvalue weighted by Crippen LogP contribution is 2.43. The van der Waals surface area contributed by atoms with E-state index in [1.54, 1.807) is 6.07 Å². The number of rotatable bonds is 4. The summed E-state index contributed by atoms with van der Waals surface area (Å²) >= 11 is 24.6. The molecular weight excluding hydrogens is 336 g/mol. The Hall–Kier alpha value is -0.440. The molecule has 1 N–H and O–H groups in total. The summed E-state index contributed by atoms with van der Waals surface area (Å²) in [5, 5.41) is 4.83. The average Bonchev–Trinajstić information content (AvgIpc) is 2.43. The van der Waals surface area contributed by atoms with Crippen LogP contribution in [0.5, 0.6) is 0 Å².